The number of nitrogens with two attached hydrogens (primary N) is 1. The molecule has 5 nitrogen and oxygen atoms in total. The molecule has 6 heteroatoms. The molecule has 0 saturated heterocycles. The van der Waals surface area contributed by atoms with Gasteiger partial charge in [0.05, 0.1) is 5.52 Å². The van der Waals surface area contributed by atoms with Crippen LogP contribution in [0.25, 0.3) is 11.0 Å². The quantitative estimate of drug-likeness (QED) is 0.438. The van der Waals surface area contributed by atoms with Crippen LogP contribution in [0.4, 0.5) is 0 Å². The number of aromatic nitrogens is 3. The van der Waals surface area contributed by atoms with E-state index in [1.54, 1.807) is 0 Å². The van der Waals surface area contributed by atoms with Crippen molar-refractivity contribution in [3.05, 3.63) is 24.3 Å². The van der Waals surface area contributed by atoms with Gasteiger partial charge in [-0.05, 0) is 18.6 Å². The summed E-state index contributed by atoms with van der Waals surface area (Å²) in [5, 5.41) is 10.2. The predicted molar refractivity (Wildman–Crippen MR) is 94.9 cm³/mol. The average molecular weight is 426 g/mol. The minimum atomic E-state index is -0.159. The van der Waals surface area contributed by atoms with Crippen LogP contribution >= 0.6 is 0 Å². The van der Waals surface area contributed by atoms with Gasteiger partial charge < -0.3 is 5.73 Å². The van der Waals surface area contributed by atoms with Crippen LogP contribution < -0.4 is 5.73 Å². The SMILES string of the molecule is CCCCCCCCCCCC(N)=O.[Ag].c1ccc2[nH]nnc2c1. The Morgan fingerprint density at radius 1 is 1.00 bits per heavy atom. The van der Waals surface area contributed by atoms with E-state index in [-0.39, 0.29) is 28.3 Å². The Balaban J connectivity index is 0.000000452. The van der Waals surface area contributed by atoms with E-state index in [0.29, 0.717) is 6.42 Å². The molecule has 0 aliphatic heterocycles. The zero-order valence-electron chi connectivity index (χ0n) is 14.6. The first-order chi connectivity index (χ1) is 11.2. The summed E-state index contributed by atoms with van der Waals surface area (Å²) in [5.41, 5.74) is 6.95. The van der Waals surface area contributed by atoms with Crippen molar-refractivity contribution in [3.8, 4) is 0 Å². The van der Waals surface area contributed by atoms with E-state index in [2.05, 4.69) is 22.3 Å². The minimum Gasteiger partial charge on any atom is -0.370 e. The molecule has 0 unspecified atom stereocenters. The Kier molecular flexibility index (Phi) is 14.6. The van der Waals surface area contributed by atoms with Crippen molar-refractivity contribution in [2.24, 2.45) is 5.73 Å². The van der Waals surface area contributed by atoms with Crippen molar-refractivity contribution in [2.45, 2.75) is 71.1 Å². The molecule has 0 aliphatic carbocycles. The topological polar surface area (TPSA) is 84.7 Å². The first-order valence-electron chi connectivity index (χ1n) is 8.78. The van der Waals surface area contributed by atoms with Crippen LogP contribution in [0.2, 0.25) is 0 Å². The van der Waals surface area contributed by atoms with Gasteiger partial charge in [0, 0.05) is 28.8 Å². The Morgan fingerprint density at radius 3 is 2.17 bits per heavy atom. The fraction of sp³-hybridized carbons (Fsp3) is 0.611. The third kappa shape index (κ3) is 11.4. The number of para-hydroxylation sites is 1. The number of hydrogen-bond acceptors (Lipinski definition) is 3. The molecule has 0 spiro atoms. The molecule has 1 aromatic carbocycles. The molecule has 139 valence electrons. The zero-order valence-corrected chi connectivity index (χ0v) is 16.0. The predicted octanol–water partition coefficient (Wildman–Crippen LogP) is 4.35. The standard InChI is InChI=1S/C12H25NO.C6H5N3.Ag/c1-2-3-4-5-6-7-8-9-10-11-12(13)14;1-2-4-6-5(3-1)7-9-8-6;/h2-11H2,1H3,(H2,13,14);1-4H,(H,7,8,9);. The monoisotopic (exact) mass is 425 g/mol. The molecule has 0 atom stereocenters. The summed E-state index contributed by atoms with van der Waals surface area (Å²) in [6, 6.07) is 7.74. The summed E-state index contributed by atoms with van der Waals surface area (Å²) < 4.78 is 0. The molecule has 1 amide bonds. The summed E-state index contributed by atoms with van der Waals surface area (Å²) in [6.07, 6.45) is 12.1. The number of hydrogen-bond donors (Lipinski definition) is 2. The number of rotatable bonds is 10. The summed E-state index contributed by atoms with van der Waals surface area (Å²) in [4.78, 5) is 10.4. The molecule has 0 bridgehead atoms. The van der Waals surface area contributed by atoms with Gasteiger partial charge in [-0.2, -0.15) is 0 Å². The van der Waals surface area contributed by atoms with Crippen LogP contribution in [0.5, 0.6) is 0 Å². The molecule has 3 N–H and O–H groups in total. The molecule has 1 aromatic heterocycles. The van der Waals surface area contributed by atoms with Gasteiger partial charge in [-0.3, -0.25) is 9.89 Å². The second-order valence-electron chi connectivity index (χ2n) is 5.87. The molecule has 1 heterocycles. The Labute approximate surface area is 160 Å². The van der Waals surface area contributed by atoms with Crippen LogP contribution in [-0.4, -0.2) is 21.3 Å². The third-order valence-corrected chi connectivity index (χ3v) is 3.76. The number of unbranched alkanes of at least 4 members (excludes halogenated alkanes) is 8. The summed E-state index contributed by atoms with van der Waals surface area (Å²) in [5.74, 6) is -0.159. The van der Waals surface area contributed by atoms with Gasteiger partial charge >= 0.3 is 0 Å². The van der Waals surface area contributed by atoms with Crippen LogP contribution in [0.1, 0.15) is 71.1 Å². The molecule has 0 fully saturated rings. The number of amides is 1. The molecule has 2 aromatic rings. The van der Waals surface area contributed by atoms with E-state index in [1.165, 1.54) is 44.9 Å². The van der Waals surface area contributed by atoms with E-state index in [4.69, 9.17) is 5.73 Å². The molecule has 2 rings (SSSR count). The van der Waals surface area contributed by atoms with Crippen LogP contribution in [-0.2, 0) is 27.2 Å². The summed E-state index contributed by atoms with van der Waals surface area (Å²) >= 11 is 0. The smallest absolute Gasteiger partial charge is 0.217 e. The Hall–Kier alpha value is -1.17. The van der Waals surface area contributed by atoms with Crippen molar-refractivity contribution in [1.29, 1.82) is 0 Å². The number of fused-ring (bicyclic) bond motifs is 1. The molecular weight excluding hydrogens is 396 g/mol. The van der Waals surface area contributed by atoms with Crippen molar-refractivity contribution in [3.63, 3.8) is 0 Å². The first-order valence-corrected chi connectivity index (χ1v) is 8.78. The fourth-order valence-corrected chi connectivity index (χ4v) is 2.40. The second-order valence-corrected chi connectivity index (χ2v) is 5.87. The normalized spacial score (nSPS) is 9.88. The summed E-state index contributed by atoms with van der Waals surface area (Å²) in [7, 11) is 0. The van der Waals surface area contributed by atoms with Gasteiger partial charge in [0.25, 0.3) is 0 Å². The third-order valence-electron chi connectivity index (χ3n) is 3.76. The van der Waals surface area contributed by atoms with E-state index in [0.717, 1.165) is 23.9 Å². The number of nitrogens with zero attached hydrogens (tertiary/aromatic N) is 2. The maximum atomic E-state index is 10.4. The second kappa shape index (κ2) is 15.4. The van der Waals surface area contributed by atoms with Crippen molar-refractivity contribution >= 4 is 16.9 Å². The van der Waals surface area contributed by atoms with E-state index in [1.807, 2.05) is 24.3 Å². The Morgan fingerprint density at radius 2 is 1.58 bits per heavy atom. The van der Waals surface area contributed by atoms with Crippen molar-refractivity contribution in [2.75, 3.05) is 0 Å². The van der Waals surface area contributed by atoms with Crippen molar-refractivity contribution in [1.82, 2.24) is 15.4 Å². The number of primary amides is 1. The van der Waals surface area contributed by atoms with Crippen LogP contribution in [0.3, 0.4) is 0 Å². The molecular formula is C18H30AgN4O. The minimum absolute atomic E-state index is 0. The van der Waals surface area contributed by atoms with Gasteiger partial charge in [0.2, 0.25) is 5.91 Å². The molecule has 1 radical (unpaired) electrons. The van der Waals surface area contributed by atoms with Crippen molar-refractivity contribution < 1.29 is 27.2 Å². The van der Waals surface area contributed by atoms with Crippen LogP contribution in [0.15, 0.2) is 24.3 Å². The van der Waals surface area contributed by atoms with Gasteiger partial charge in [0.15, 0.2) is 0 Å². The molecule has 0 saturated carbocycles. The molecule has 24 heavy (non-hydrogen) atoms. The van der Waals surface area contributed by atoms with Gasteiger partial charge in [-0.1, -0.05) is 75.6 Å². The average Bonchev–Trinajstić information content (AvgIpc) is 3.02. The maximum absolute atomic E-state index is 10.4. The Bertz CT molecular complexity index is 514. The molecule has 0 aliphatic rings. The fourth-order valence-electron chi connectivity index (χ4n) is 2.40. The van der Waals surface area contributed by atoms with Gasteiger partial charge in [-0.15, -0.1) is 5.10 Å². The zero-order chi connectivity index (χ0) is 16.8. The number of aromatic amines is 1. The number of benzene rings is 1. The number of carbonyl (C=O) groups excluding carboxylic acids is 1. The van der Waals surface area contributed by atoms with E-state index in [9.17, 15) is 4.79 Å². The van der Waals surface area contributed by atoms with Crippen LogP contribution in [0, 0.1) is 0 Å². The number of nitrogens with one attached hydrogen (secondary N) is 1. The number of H-pyrrole nitrogens is 1. The maximum Gasteiger partial charge on any atom is 0.217 e. The van der Waals surface area contributed by atoms with E-state index >= 15 is 0 Å². The first kappa shape index (κ1) is 22.8. The largest absolute Gasteiger partial charge is 0.370 e. The summed E-state index contributed by atoms with van der Waals surface area (Å²) in [6.45, 7) is 2.24. The van der Waals surface area contributed by atoms with Gasteiger partial charge in [-0.25, -0.2) is 0 Å². The van der Waals surface area contributed by atoms with Gasteiger partial charge in [0.1, 0.15) is 5.52 Å². The van der Waals surface area contributed by atoms with E-state index < -0.39 is 0 Å². The number of carbonyl (C=O) groups is 1.